The van der Waals surface area contributed by atoms with Crippen LogP contribution in [0.4, 0.5) is 13.6 Å². The zero-order valence-corrected chi connectivity index (χ0v) is 15.2. The molecule has 1 fully saturated rings. The molecule has 0 spiro atoms. The van der Waals surface area contributed by atoms with Crippen LogP contribution in [-0.2, 0) is 11.3 Å². The van der Waals surface area contributed by atoms with Crippen LogP contribution in [0.3, 0.4) is 0 Å². The third-order valence-corrected chi connectivity index (χ3v) is 4.12. The number of hydrogen-bond acceptors (Lipinski definition) is 3. The van der Waals surface area contributed by atoms with Crippen molar-refractivity contribution in [2.45, 2.75) is 32.4 Å². The van der Waals surface area contributed by atoms with Crippen molar-refractivity contribution in [1.82, 2.24) is 5.32 Å². The van der Waals surface area contributed by atoms with Crippen LogP contribution in [-0.4, -0.2) is 18.6 Å². The Kier molecular flexibility index (Phi) is 6.08. The van der Waals surface area contributed by atoms with Gasteiger partial charge in [0.2, 0.25) is 0 Å². The van der Waals surface area contributed by atoms with E-state index in [2.05, 4.69) is 10.1 Å². The molecule has 0 bridgehead atoms. The number of alkyl halides is 2. The van der Waals surface area contributed by atoms with Gasteiger partial charge >= 0.3 is 12.0 Å². The first-order chi connectivity index (χ1) is 11.9. The lowest BCUT2D eigenvalue weighted by molar-refractivity contribution is -0.104. The van der Waals surface area contributed by atoms with Gasteiger partial charge in [-0.1, -0.05) is 42.5 Å². The van der Waals surface area contributed by atoms with Gasteiger partial charge in [0, 0.05) is 0 Å². The minimum Gasteiger partial charge on any atom is -0.488 e. The van der Waals surface area contributed by atoms with Gasteiger partial charge in [-0.15, -0.1) is 12.4 Å². The van der Waals surface area contributed by atoms with E-state index in [9.17, 15) is 13.6 Å². The Morgan fingerprint density at radius 3 is 2.42 bits per heavy atom. The molecular weight excluding hydrogens is 364 g/mol. The van der Waals surface area contributed by atoms with Gasteiger partial charge in [0.05, 0.1) is 0 Å². The number of amides is 1. The van der Waals surface area contributed by atoms with Crippen molar-refractivity contribution in [3.05, 3.63) is 64.7 Å². The van der Waals surface area contributed by atoms with E-state index in [-0.39, 0.29) is 12.4 Å². The minimum atomic E-state index is -3.17. The molecule has 2 aromatic rings. The first kappa shape index (κ1) is 20.0. The Labute approximate surface area is 156 Å². The summed E-state index contributed by atoms with van der Waals surface area (Å²) in [4.78, 5) is 11.3. The molecule has 1 aliphatic heterocycles. The van der Waals surface area contributed by atoms with Gasteiger partial charge in [-0.05, 0) is 36.1 Å². The highest BCUT2D eigenvalue weighted by Crippen LogP contribution is 2.37. The fraction of sp³-hybridized carbons (Fsp3) is 0.316. The second-order valence-electron chi connectivity index (χ2n) is 6.17. The molecule has 140 valence electrons. The number of nitrogens with one attached hydrogen (secondary N) is 1. The van der Waals surface area contributed by atoms with Crippen LogP contribution < -0.4 is 10.1 Å². The van der Waals surface area contributed by atoms with Crippen LogP contribution in [0.15, 0.2) is 42.5 Å². The lowest BCUT2D eigenvalue weighted by Gasteiger charge is -2.32. The lowest BCUT2D eigenvalue weighted by atomic mass is 9.95. The molecule has 0 saturated carbocycles. The number of aryl methyl sites for hydroxylation is 2. The molecule has 7 heteroatoms. The molecule has 1 aliphatic rings. The van der Waals surface area contributed by atoms with Crippen molar-refractivity contribution in [3.8, 4) is 5.75 Å². The van der Waals surface area contributed by atoms with E-state index in [1.165, 1.54) is 0 Å². The Balaban J connectivity index is 0.00000243. The van der Waals surface area contributed by atoms with Crippen molar-refractivity contribution >= 4 is 18.5 Å². The van der Waals surface area contributed by atoms with Gasteiger partial charge < -0.3 is 14.8 Å². The van der Waals surface area contributed by atoms with Gasteiger partial charge in [-0.2, -0.15) is 0 Å². The summed E-state index contributed by atoms with van der Waals surface area (Å²) in [5, 5.41) is 2.20. The van der Waals surface area contributed by atoms with E-state index in [1.54, 1.807) is 26.0 Å². The summed E-state index contributed by atoms with van der Waals surface area (Å²) in [6.07, 6.45) is -0.837. The van der Waals surface area contributed by atoms with Crippen LogP contribution in [0.5, 0.6) is 5.75 Å². The van der Waals surface area contributed by atoms with Crippen molar-refractivity contribution in [1.29, 1.82) is 0 Å². The van der Waals surface area contributed by atoms with Gasteiger partial charge in [-0.25, -0.2) is 13.6 Å². The van der Waals surface area contributed by atoms with Crippen LogP contribution in [0.25, 0.3) is 0 Å². The first-order valence-corrected chi connectivity index (χ1v) is 7.96. The van der Waals surface area contributed by atoms with Crippen LogP contribution in [0, 0.1) is 13.8 Å². The van der Waals surface area contributed by atoms with Crippen molar-refractivity contribution in [2.24, 2.45) is 0 Å². The third-order valence-electron chi connectivity index (χ3n) is 4.12. The maximum Gasteiger partial charge on any atom is 0.408 e. The second kappa shape index (κ2) is 7.91. The summed E-state index contributed by atoms with van der Waals surface area (Å²) in [5.74, 6) is -2.51. The summed E-state index contributed by atoms with van der Waals surface area (Å²) in [5.41, 5.74) is 2.84. The van der Waals surface area contributed by atoms with E-state index < -0.39 is 24.7 Å². The average molecular weight is 384 g/mol. The van der Waals surface area contributed by atoms with Crippen LogP contribution in [0.1, 0.15) is 28.3 Å². The Morgan fingerprint density at radius 1 is 1.19 bits per heavy atom. The lowest BCUT2D eigenvalue weighted by Crippen LogP contribution is -2.49. The highest BCUT2D eigenvalue weighted by molar-refractivity contribution is 5.85. The van der Waals surface area contributed by atoms with Crippen molar-refractivity contribution < 1.29 is 23.0 Å². The predicted molar refractivity (Wildman–Crippen MR) is 96.1 cm³/mol. The molecule has 1 amide bonds. The molecule has 4 nitrogen and oxygen atoms in total. The zero-order chi connectivity index (χ0) is 18.0. The Bertz CT molecular complexity index is 761. The van der Waals surface area contributed by atoms with Crippen LogP contribution in [0.2, 0.25) is 0 Å². The quantitative estimate of drug-likeness (QED) is 0.831. The standard InChI is InChI=1S/C19H19F2NO3.ClH/c1-12-8-15(17-19(20,21)11-25-18(23)22-17)9-13(2)16(12)24-10-14-6-4-3-5-7-14;/h3-9,17H,10-11H2,1-2H3,(H,22,23);1H/t17-;/m0./s1. The summed E-state index contributed by atoms with van der Waals surface area (Å²) in [7, 11) is 0. The molecule has 26 heavy (non-hydrogen) atoms. The molecule has 0 aliphatic carbocycles. The molecule has 0 radical (unpaired) electrons. The van der Waals surface area contributed by atoms with Crippen molar-refractivity contribution in [2.75, 3.05) is 6.61 Å². The SMILES string of the molecule is Cc1cc([C@@H]2NC(=O)OCC2(F)F)cc(C)c1OCc1ccccc1.Cl. The van der Waals surface area contributed by atoms with E-state index >= 15 is 0 Å². The Morgan fingerprint density at radius 2 is 1.81 bits per heavy atom. The first-order valence-electron chi connectivity index (χ1n) is 7.96. The number of carbonyl (C=O) groups excluding carboxylic acids is 1. The highest BCUT2D eigenvalue weighted by Gasteiger charge is 2.47. The fourth-order valence-electron chi connectivity index (χ4n) is 2.95. The number of rotatable bonds is 4. The third kappa shape index (κ3) is 4.25. The monoisotopic (exact) mass is 383 g/mol. The van der Waals surface area contributed by atoms with Gasteiger partial charge in [0.25, 0.3) is 0 Å². The molecule has 0 aromatic heterocycles. The van der Waals surface area contributed by atoms with E-state index in [4.69, 9.17) is 4.74 Å². The van der Waals surface area contributed by atoms with Gasteiger partial charge in [0.15, 0.2) is 6.61 Å². The maximum atomic E-state index is 14.1. The summed E-state index contributed by atoms with van der Waals surface area (Å²) in [6.45, 7) is 3.08. The van der Waals surface area contributed by atoms with E-state index in [0.29, 0.717) is 17.9 Å². The largest absolute Gasteiger partial charge is 0.488 e. The number of carbonyl (C=O) groups is 1. The number of halogens is 3. The van der Waals surface area contributed by atoms with E-state index in [0.717, 1.165) is 16.7 Å². The smallest absolute Gasteiger partial charge is 0.408 e. The summed E-state index contributed by atoms with van der Waals surface area (Å²) < 4.78 is 38.4. The predicted octanol–water partition coefficient (Wildman–Crippen LogP) is 4.72. The molecule has 1 heterocycles. The normalized spacial score (nSPS) is 18.3. The summed E-state index contributed by atoms with van der Waals surface area (Å²) in [6, 6.07) is 11.5. The zero-order valence-electron chi connectivity index (χ0n) is 14.4. The minimum absolute atomic E-state index is 0. The highest BCUT2D eigenvalue weighted by atomic mass is 35.5. The number of ether oxygens (including phenoxy) is 2. The average Bonchev–Trinajstić information content (AvgIpc) is 2.57. The number of hydrogen-bond donors (Lipinski definition) is 1. The molecule has 2 aromatic carbocycles. The number of benzene rings is 2. The maximum absolute atomic E-state index is 14.1. The summed E-state index contributed by atoms with van der Waals surface area (Å²) >= 11 is 0. The number of alkyl carbamates (subject to hydrolysis) is 1. The second-order valence-corrected chi connectivity index (χ2v) is 6.17. The van der Waals surface area contributed by atoms with Crippen molar-refractivity contribution in [3.63, 3.8) is 0 Å². The van der Waals surface area contributed by atoms with Gasteiger partial charge in [0.1, 0.15) is 18.4 Å². The van der Waals surface area contributed by atoms with Crippen LogP contribution >= 0.6 is 12.4 Å². The Hall–Kier alpha value is -2.34. The molecular formula is C19H20ClF2NO3. The molecule has 0 unspecified atom stereocenters. The molecule has 1 saturated heterocycles. The molecule has 1 N–H and O–H groups in total. The molecule has 1 atom stereocenters. The van der Waals surface area contributed by atoms with Gasteiger partial charge in [-0.3, -0.25) is 0 Å². The number of cyclic esters (lactones) is 1. The topological polar surface area (TPSA) is 47.6 Å². The van der Waals surface area contributed by atoms with E-state index in [1.807, 2.05) is 30.3 Å². The molecule has 3 rings (SSSR count). The fourth-order valence-corrected chi connectivity index (χ4v) is 2.95.